The zero-order valence-corrected chi connectivity index (χ0v) is 19.0. The van der Waals surface area contributed by atoms with Crippen LogP contribution in [0.3, 0.4) is 0 Å². The Labute approximate surface area is 185 Å². The van der Waals surface area contributed by atoms with E-state index in [4.69, 9.17) is 0 Å². The normalized spacial score (nSPS) is 13.5. The maximum absolute atomic E-state index is 12.8. The molecule has 1 unspecified atom stereocenters. The topological polar surface area (TPSA) is 122 Å². The van der Waals surface area contributed by atoms with Gasteiger partial charge in [-0.15, -0.1) is 0 Å². The summed E-state index contributed by atoms with van der Waals surface area (Å²) in [6.07, 6.45) is 2.20. The van der Waals surface area contributed by atoms with Crippen molar-refractivity contribution in [2.75, 3.05) is 17.3 Å². The monoisotopic (exact) mass is 479 g/mol. The molecule has 0 saturated heterocycles. The van der Waals surface area contributed by atoms with Crippen LogP contribution in [0, 0.1) is 0 Å². The van der Waals surface area contributed by atoms with Crippen molar-refractivity contribution in [2.24, 2.45) is 0 Å². The molecule has 2 aromatic carbocycles. The van der Waals surface area contributed by atoms with Crippen molar-refractivity contribution in [3.05, 3.63) is 65.6 Å². The Bertz CT molecular complexity index is 1270. The summed E-state index contributed by atoms with van der Waals surface area (Å²) in [6.45, 7) is 0. The highest BCUT2D eigenvalue weighted by Crippen LogP contribution is 2.25. The van der Waals surface area contributed by atoms with E-state index < -0.39 is 31.8 Å². The summed E-state index contributed by atoms with van der Waals surface area (Å²) in [7, 11) is -7.41. The van der Waals surface area contributed by atoms with E-state index in [1.54, 1.807) is 36.4 Å². The fourth-order valence-corrected chi connectivity index (χ4v) is 5.23. The van der Waals surface area contributed by atoms with Gasteiger partial charge in [0, 0.05) is 11.7 Å². The molecule has 0 spiro atoms. The number of rotatable bonds is 9. The zero-order chi connectivity index (χ0) is 22.5. The third kappa shape index (κ3) is 7.24. The minimum absolute atomic E-state index is 0.214. The van der Waals surface area contributed by atoms with Gasteiger partial charge in [-0.25, -0.2) is 21.8 Å². The van der Waals surface area contributed by atoms with Gasteiger partial charge in [0.15, 0.2) is 5.13 Å². The van der Waals surface area contributed by atoms with Crippen molar-refractivity contribution < 1.29 is 21.6 Å². The molecule has 0 aliphatic carbocycles. The number of aromatic nitrogens is 1. The molecule has 3 rings (SSSR count). The number of sulfone groups is 1. The fraction of sp³-hybridized carbons (Fsp3) is 0.200. The highest BCUT2D eigenvalue weighted by atomic mass is 32.2. The Morgan fingerprint density at radius 1 is 1.06 bits per heavy atom. The van der Waals surface area contributed by atoms with Gasteiger partial charge in [-0.05, 0) is 30.2 Å². The molecule has 8 nitrogen and oxygen atoms in total. The Morgan fingerprint density at radius 2 is 1.74 bits per heavy atom. The van der Waals surface area contributed by atoms with E-state index in [-0.39, 0.29) is 12.2 Å². The molecule has 11 heteroatoms. The van der Waals surface area contributed by atoms with Crippen LogP contribution in [0.2, 0.25) is 0 Å². The molecule has 164 valence electrons. The largest absolute Gasteiger partial charge is 0.301 e. The van der Waals surface area contributed by atoms with Crippen molar-refractivity contribution in [3.63, 3.8) is 0 Å². The SMILES string of the molecule is CS(=O)(=O)CCC(NS(=O)(=O)/C=C/c1ccccc1)C(=O)Nc1nc2ccccc2s1. The van der Waals surface area contributed by atoms with Gasteiger partial charge >= 0.3 is 0 Å². The van der Waals surface area contributed by atoms with Gasteiger partial charge < -0.3 is 5.32 Å². The predicted molar refractivity (Wildman–Crippen MR) is 124 cm³/mol. The number of thiazole rings is 1. The molecule has 0 aliphatic heterocycles. The lowest BCUT2D eigenvalue weighted by molar-refractivity contribution is -0.117. The van der Waals surface area contributed by atoms with E-state index >= 15 is 0 Å². The van der Waals surface area contributed by atoms with Crippen LogP contribution >= 0.6 is 11.3 Å². The average Bonchev–Trinajstić information content (AvgIpc) is 3.12. The number of hydrogen-bond acceptors (Lipinski definition) is 7. The van der Waals surface area contributed by atoms with Crippen molar-refractivity contribution in [1.29, 1.82) is 0 Å². The predicted octanol–water partition coefficient (Wildman–Crippen LogP) is 2.63. The first-order valence-corrected chi connectivity index (χ1v) is 13.6. The molecule has 2 N–H and O–H groups in total. The summed E-state index contributed by atoms with van der Waals surface area (Å²) in [5.41, 5.74) is 1.36. The second-order valence-corrected chi connectivity index (χ2v) is 11.7. The zero-order valence-electron chi connectivity index (χ0n) is 16.6. The van der Waals surface area contributed by atoms with Crippen LogP contribution in [-0.4, -0.2) is 45.8 Å². The van der Waals surface area contributed by atoms with Crippen LogP contribution < -0.4 is 10.0 Å². The van der Waals surface area contributed by atoms with E-state index in [0.29, 0.717) is 16.2 Å². The number of amides is 1. The Balaban J connectivity index is 1.77. The van der Waals surface area contributed by atoms with Crippen LogP contribution in [0.1, 0.15) is 12.0 Å². The van der Waals surface area contributed by atoms with Crippen molar-refractivity contribution >= 4 is 58.5 Å². The smallest absolute Gasteiger partial charge is 0.244 e. The molecule has 1 heterocycles. The van der Waals surface area contributed by atoms with Crippen molar-refractivity contribution in [3.8, 4) is 0 Å². The second-order valence-electron chi connectivity index (χ2n) is 6.82. The molecule has 0 aliphatic rings. The third-order valence-electron chi connectivity index (χ3n) is 4.16. The van der Waals surface area contributed by atoms with E-state index in [2.05, 4.69) is 15.0 Å². The molecule has 0 bridgehead atoms. The number of anilines is 1. The maximum Gasteiger partial charge on any atom is 0.244 e. The number of carbonyl (C=O) groups excluding carboxylic acids is 1. The summed E-state index contributed by atoms with van der Waals surface area (Å²) in [6, 6.07) is 14.8. The van der Waals surface area contributed by atoms with Gasteiger partial charge in [-0.3, -0.25) is 4.79 Å². The summed E-state index contributed by atoms with van der Waals surface area (Å²) < 4.78 is 51.3. The first-order valence-electron chi connectivity index (χ1n) is 9.21. The third-order valence-corrected chi connectivity index (χ3v) is 7.20. The number of benzene rings is 2. The first-order chi connectivity index (χ1) is 14.6. The molecule has 31 heavy (non-hydrogen) atoms. The summed E-state index contributed by atoms with van der Waals surface area (Å²) in [5, 5.41) is 3.83. The molecule has 1 atom stereocenters. The molecule has 0 radical (unpaired) electrons. The number of sulfonamides is 1. The molecular weight excluding hydrogens is 458 g/mol. The maximum atomic E-state index is 12.8. The van der Waals surface area contributed by atoms with Crippen molar-refractivity contribution in [2.45, 2.75) is 12.5 Å². The van der Waals surface area contributed by atoms with Crippen LogP contribution in [0.4, 0.5) is 5.13 Å². The lowest BCUT2D eigenvalue weighted by Crippen LogP contribution is -2.44. The van der Waals surface area contributed by atoms with Crippen LogP contribution in [0.25, 0.3) is 16.3 Å². The Kier molecular flexibility index (Phi) is 7.21. The first kappa shape index (κ1) is 23.1. The van der Waals surface area contributed by atoms with Crippen LogP contribution in [0.15, 0.2) is 60.0 Å². The molecule has 1 amide bonds. The van der Waals surface area contributed by atoms with Gasteiger partial charge in [0.05, 0.1) is 16.0 Å². The molecule has 0 fully saturated rings. The number of hydrogen-bond donors (Lipinski definition) is 2. The summed E-state index contributed by atoms with van der Waals surface area (Å²) >= 11 is 1.24. The lowest BCUT2D eigenvalue weighted by atomic mass is 10.2. The standard InChI is InChI=1S/C20H21N3O5S3/c1-30(25,26)13-12-17(23-31(27,28)14-11-15-7-3-2-4-8-15)19(24)22-20-21-16-9-5-6-10-18(16)29-20/h2-11,14,17,23H,12-13H2,1H3,(H,21,22,24)/b14-11+. The van der Waals surface area contributed by atoms with Gasteiger partial charge in [0.1, 0.15) is 15.9 Å². The minimum atomic E-state index is -4.01. The molecular formula is C20H21N3O5S3. The average molecular weight is 480 g/mol. The van der Waals surface area contributed by atoms with Gasteiger partial charge in [0.2, 0.25) is 15.9 Å². The highest BCUT2D eigenvalue weighted by Gasteiger charge is 2.25. The van der Waals surface area contributed by atoms with Crippen LogP contribution in [-0.2, 0) is 24.7 Å². The van der Waals surface area contributed by atoms with Gasteiger partial charge in [0.25, 0.3) is 0 Å². The minimum Gasteiger partial charge on any atom is -0.301 e. The lowest BCUT2D eigenvalue weighted by Gasteiger charge is -2.16. The molecule has 3 aromatic rings. The van der Waals surface area contributed by atoms with E-state index in [1.165, 1.54) is 17.4 Å². The fourth-order valence-electron chi connectivity index (χ4n) is 2.66. The van der Waals surface area contributed by atoms with E-state index in [0.717, 1.165) is 16.4 Å². The number of nitrogens with one attached hydrogen (secondary N) is 2. The Hall–Kier alpha value is -2.60. The van der Waals surface area contributed by atoms with Crippen molar-refractivity contribution in [1.82, 2.24) is 9.71 Å². The van der Waals surface area contributed by atoms with E-state index in [9.17, 15) is 21.6 Å². The van der Waals surface area contributed by atoms with Gasteiger partial charge in [-0.2, -0.15) is 4.72 Å². The summed E-state index contributed by atoms with van der Waals surface area (Å²) in [4.78, 5) is 17.1. The Morgan fingerprint density at radius 3 is 2.42 bits per heavy atom. The number of carbonyl (C=O) groups is 1. The number of nitrogens with zero attached hydrogens (tertiary/aromatic N) is 1. The highest BCUT2D eigenvalue weighted by molar-refractivity contribution is 7.92. The quantitative estimate of drug-likeness (QED) is 0.486. The second kappa shape index (κ2) is 9.69. The van der Waals surface area contributed by atoms with Crippen LogP contribution in [0.5, 0.6) is 0 Å². The summed E-state index contributed by atoms with van der Waals surface area (Å²) in [5.74, 6) is -1.03. The number of fused-ring (bicyclic) bond motifs is 1. The van der Waals surface area contributed by atoms with E-state index in [1.807, 2.05) is 18.2 Å². The number of para-hydroxylation sites is 1. The molecule has 0 saturated carbocycles. The van der Waals surface area contributed by atoms with Gasteiger partial charge in [-0.1, -0.05) is 53.8 Å². The molecule has 1 aromatic heterocycles.